The van der Waals surface area contributed by atoms with Gasteiger partial charge in [0.25, 0.3) is 6.01 Å². The van der Waals surface area contributed by atoms with E-state index in [0.717, 1.165) is 0 Å². The lowest BCUT2D eigenvalue weighted by Gasteiger charge is -2.28. The highest BCUT2D eigenvalue weighted by Crippen LogP contribution is 2.43. The lowest BCUT2D eigenvalue weighted by Crippen LogP contribution is -2.25. The van der Waals surface area contributed by atoms with Gasteiger partial charge in [-0.3, -0.25) is 4.79 Å². The number of esters is 1. The summed E-state index contributed by atoms with van der Waals surface area (Å²) in [7, 11) is 0. The summed E-state index contributed by atoms with van der Waals surface area (Å²) in [6, 6.07) is 6.00. The number of ether oxygens (including phenoxy) is 2. The zero-order valence-corrected chi connectivity index (χ0v) is 14.6. The smallest absolute Gasteiger partial charge is 0.341 e. The highest BCUT2D eigenvalue weighted by molar-refractivity contribution is 9.10. The van der Waals surface area contributed by atoms with Crippen LogP contribution in [0.25, 0.3) is 0 Å². The van der Waals surface area contributed by atoms with E-state index in [0.29, 0.717) is 10.0 Å². The van der Waals surface area contributed by atoms with Gasteiger partial charge < -0.3 is 9.47 Å². The van der Waals surface area contributed by atoms with Crippen molar-refractivity contribution in [2.75, 3.05) is 6.61 Å². The number of hydrogen-bond donors (Lipinski definition) is 0. The predicted molar refractivity (Wildman–Crippen MR) is 86.1 cm³/mol. The van der Waals surface area contributed by atoms with Gasteiger partial charge in [-0.05, 0) is 32.4 Å². The third-order valence-electron chi connectivity index (χ3n) is 3.50. The maximum Gasteiger partial charge on any atom is 0.341 e. The number of hydrogen-bond acceptors (Lipinski definition) is 4. The van der Waals surface area contributed by atoms with Crippen LogP contribution in [0.4, 0.5) is 4.39 Å². The van der Waals surface area contributed by atoms with Gasteiger partial charge >= 0.3 is 5.97 Å². The van der Waals surface area contributed by atoms with Crippen LogP contribution >= 0.6 is 15.9 Å². The number of ketones is 1. The van der Waals surface area contributed by atoms with Crippen molar-refractivity contribution in [3.8, 4) is 0 Å². The van der Waals surface area contributed by atoms with Crippen LogP contribution in [0.5, 0.6) is 0 Å². The molecule has 0 saturated heterocycles. The fraction of sp³-hybridized carbons (Fsp3) is 0.294. The molecule has 1 unspecified atom stereocenters. The molecule has 0 aromatic heterocycles. The number of carbonyl (C=O) groups excluding carboxylic acids is 2. The SMILES string of the molecule is CCOC(=O)C1=C(F)OC(C)=C(C(C)=O)C1c1ccccc1Br. The molecular formula is C17H16BrFO4. The quantitative estimate of drug-likeness (QED) is 0.733. The molecule has 0 bridgehead atoms. The normalized spacial score (nSPS) is 17.9. The van der Waals surface area contributed by atoms with Crippen LogP contribution in [0.15, 0.2) is 51.7 Å². The Labute approximate surface area is 142 Å². The second kappa shape index (κ2) is 7.08. The van der Waals surface area contributed by atoms with E-state index < -0.39 is 17.9 Å². The van der Waals surface area contributed by atoms with E-state index in [2.05, 4.69) is 15.9 Å². The van der Waals surface area contributed by atoms with Gasteiger partial charge in [0.1, 0.15) is 11.3 Å². The van der Waals surface area contributed by atoms with E-state index >= 15 is 0 Å². The number of benzene rings is 1. The summed E-state index contributed by atoms with van der Waals surface area (Å²) in [6.45, 7) is 4.58. The number of rotatable bonds is 4. The first-order chi connectivity index (χ1) is 10.9. The van der Waals surface area contributed by atoms with Gasteiger partial charge in [0.2, 0.25) is 0 Å². The highest BCUT2D eigenvalue weighted by atomic mass is 79.9. The Kier molecular flexibility index (Phi) is 5.36. The molecule has 0 saturated carbocycles. The summed E-state index contributed by atoms with van der Waals surface area (Å²) in [5.74, 6) is -1.87. The van der Waals surface area contributed by atoms with Crippen molar-refractivity contribution in [1.82, 2.24) is 0 Å². The minimum atomic E-state index is -1.04. The Morgan fingerprint density at radius 3 is 2.52 bits per heavy atom. The molecule has 0 radical (unpaired) electrons. The van der Waals surface area contributed by atoms with Crippen LogP contribution in [-0.4, -0.2) is 18.4 Å². The summed E-state index contributed by atoms with van der Waals surface area (Å²) >= 11 is 3.39. The average molecular weight is 383 g/mol. The fourth-order valence-corrected chi connectivity index (χ4v) is 3.10. The summed E-state index contributed by atoms with van der Waals surface area (Å²) < 4.78 is 25.0. The van der Waals surface area contributed by atoms with Crippen molar-refractivity contribution in [1.29, 1.82) is 0 Å². The van der Waals surface area contributed by atoms with Gasteiger partial charge in [-0.2, -0.15) is 4.39 Å². The van der Waals surface area contributed by atoms with Crippen molar-refractivity contribution in [2.24, 2.45) is 0 Å². The molecule has 6 heteroatoms. The number of carbonyl (C=O) groups is 2. The first kappa shape index (κ1) is 17.4. The maximum absolute atomic E-state index is 14.4. The fourth-order valence-electron chi connectivity index (χ4n) is 2.58. The number of halogens is 2. The zero-order valence-electron chi connectivity index (χ0n) is 13.0. The molecule has 2 rings (SSSR count). The molecule has 0 aliphatic carbocycles. The van der Waals surface area contributed by atoms with E-state index in [9.17, 15) is 14.0 Å². The van der Waals surface area contributed by atoms with Crippen LogP contribution in [0.2, 0.25) is 0 Å². The Morgan fingerprint density at radius 2 is 1.96 bits per heavy atom. The Hall–Kier alpha value is -1.95. The van der Waals surface area contributed by atoms with Crippen LogP contribution in [0, 0.1) is 0 Å². The second-order valence-corrected chi connectivity index (χ2v) is 5.84. The van der Waals surface area contributed by atoms with Crippen molar-refractivity contribution in [2.45, 2.75) is 26.7 Å². The third kappa shape index (κ3) is 3.37. The molecule has 23 heavy (non-hydrogen) atoms. The molecule has 4 nitrogen and oxygen atoms in total. The minimum absolute atomic E-state index is 0.0936. The van der Waals surface area contributed by atoms with Crippen molar-refractivity contribution in [3.05, 3.63) is 57.2 Å². The molecule has 1 atom stereocenters. The number of allylic oxidation sites excluding steroid dienone is 2. The molecule has 1 aliphatic heterocycles. The molecule has 0 N–H and O–H groups in total. The van der Waals surface area contributed by atoms with Crippen molar-refractivity contribution in [3.63, 3.8) is 0 Å². The Balaban J connectivity index is 2.69. The van der Waals surface area contributed by atoms with Gasteiger partial charge in [-0.1, -0.05) is 34.1 Å². The first-order valence-electron chi connectivity index (χ1n) is 7.09. The van der Waals surface area contributed by atoms with E-state index in [1.807, 2.05) is 0 Å². The van der Waals surface area contributed by atoms with E-state index in [1.54, 1.807) is 31.2 Å². The lowest BCUT2D eigenvalue weighted by atomic mass is 9.81. The average Bonchev–Trinajstić information content (AvgIpc) is 2.46. The standard InChI is InChI=1S/C17H16BrFO4/c1-4-22-17(21)15-14(11-7-5-6-8-12(11)18)13(9(2)20)10(3)23-16(15)19/h5-8,14H,4H2,1-3H3. The van der Waals surface area contributed by atoms with Crippen molar-refractivity contribution >= 4 is 27.7 Å². The Morgan fingerprint density at radius 1 is 1.30 bits per heavy atom. The van der Waals surface area contributed by atoms with Gasteiger partial charge in [-0.25, -0.2) is 4.79 Å². The Bertz CT molecular complexity index is 721. The van der Waals surface area contributed by atoms with Crippen LogP contribution < -0.4 is 0 Å². The highest BCUT2D eigenvalue weighted by Gasteiger charge is 2.39. The van der Waals surface area contributed by atoms with E-state index in [-0.39, 0.29) is 29.3 Å². The topological polar surface area (TPSA) is 52.6 Å². The number of Topliss-reactive ketones (excluding diaryl/α,β-unsaturated/α-hetero) is 1. The molecule has 0 spiro atoms. The molecule has 0 amide bonds. The summed E-state index contributed by atoms with van der Waals surface area (Å²) in [5.41, 5.74) is 0.537. The molecule has 1 aliphatic rings. The van der Waals surface area contributed by atoms with Gasteiger partial charge in [0, 0.05) is 10.0 Å². The molecule has 1 aromatic rings. The van der Waals surface area contributed by atoms with Crippen LogP contribution in [-0.2, 0) is 19.1 Å². The minimum Gasteiger partial charge on any atom is -0.462 e. The zero-order chi connectivity index (χ0) is 17.1. The predicted octanol–water partition coefficient (Wildman–Crippen LogP) is 4.17. The van der Waals surface area contributed by atoms with Crippen LogP contribution in [0.3, 0.4) is 0 Å². The molecule has 1 aromatic carbocycles. The molecule has 0 fully saturated rings. The molecule has 1 heterocycles. The summed E-state index contributed by atoms with van der Waals surface area (Å²) in [5, 5.41) is 0. The summed E-state index contributed by atoms with van der Waals surface area (Å²) in [4.78, 5) is 24.3. The lowest BCUT2D eigenvalue weighted by molar-refractivity contribution is -0.139. The van der Waals surface area contributed by atoms with Gasteiger partial charge in [-0.15, -0.1) is 0 Å². The summed E-state index contributed by atoms with van der Waals surface area (Å²) in [6.07, 6.45) is 0. The van der Waals surface area contributed by atoms with Gasteiger partial charge in [0.05, 0.1) is 12.5 Å². The van der Waals surface area contributed by atoms with E-state index in [4.69, 9.17) is 9.47 Å². The molecule has 122 valence electrons. The van der Waals surface area contributed by atoms with Crippen molar-refractivity contribution < 1.29 is 23.5 Å². The third-order valence-corrected chi connectivity index (χ3v) is 4.22. The largest absolute Gasteiger partial charge is 0.462 e. The first-order valence-corrected chi connectivity index (χ1v) is 7.88. The second-order valence-electron chi connectivity index (χ2n) is 4.99. The van der Waals surface area contributed by atoms with Crippen LogP contribution in [0.1, 0.15) is 32.3 Å². The molecular weight excluding hydrogens is 367 g/mol. The van der Waals surface area contributed by atoms with Gasteiger partial charge in [0.15, 0.2) is 5.78 Å². The van der Waals surface area contributed by atoms with E-state index in [1.165, 1.54) is 13.8 Å². The maximum atomic E-state index is 14.4. The monoisotopic (exact) mass is 382 g/mol.